The van der Waals surface area contributed by atoms with Gasteiger partial charge in [0.2, 0.25) is 0 Å². The van der Waals surface area contributed by atoms with Crippen molar-refractivity contribution < 1.29 is 17.5 Å². The monoisotopic (exact) mass is 335 g/mol. The van der Waals surface area contributed by atoms with Crippen LogP contribution in [0.15, 0.2) is 53.4 Å². The molecule has 0 amide bonds. The molecule has 0 aromatic heterocycles. The Kier molecular flexibility index (Phi) is 6.50. The Morgan fingerprint density at radius 1 is 0.870 bits per heavy atom. The number of benzene rings is 2. The van der Waals surface area contributed by atoms with E-state index in [2.05, 4.69) is 51.5 Å². The Morgan fingerprint density at radius 3 is 1.70 bits per heavy atom. The lowest BCUT2D eigenvalue weighted by Crippen LogP contribution is -2.33. The third kappa shape index (κ3) is 6.95. The van der Waals surface area contributed by atoms with E-state index in [0.717, 1.165) is 11.0 Å². The summed E-state index contributed by atoms with van der Waals surface area (Å²) >= 11 is 0. The maximum Gasteiger partial charge on any atom is 0.124 e. The van der Waals surface area contributed by atoms with E-state index in [1.54, 1.807) is 32.0 Å². The second-order valence-corrected chi connectivity index (χ2v) is 7.93. The minimum absolute atomic E-state index is 0.0926. The van der Waals surface area contributed by atoms with E-state index in [1.165, 1.54) is 5.56 Å². The Balaban J connectivity index is 0.000000231. The third-order valence-corrected chi connectivity index (χ3v) is 4.30. The van der Waals surface area contributed by atoms with Crippen molar-refractivity contribution in [1.29, 1.82) is 0 Å². The number of aryl methyl sites for hydroxylation is 2. The molecule has 4 nitrogen and oxygen atoms in total. The zero-order valence-corrected chi connectivity index (χ0v) is 15.2. The van der Waals surface area contributed by atoms with E-state index >= 15 is 0 Å². The maximum atomic E-state index is 10.7. The first-order valence-corrected chi connectivity index (χ1v) is 8.78. The highest BCUT2D eigenvalue weighted by molar-refractivity contribution is 7.85. The highest BCUT2D eigenvalue weighted by Gasteiger charge is 2.08. The fourth-order valence-corrected chi connectivity index (χ4v) is 3.25. The molecule has 0 aliphatic rings. The summed E-state index contributed by atoms with van der Waals surface area (Å²) in [4.78, 5) is -0.0926. The zero-order valence-electron chi connectivity index (χ0n) is 14.4. The van der Waals surface area contributed by atoms with Crippen LogP contribution in [-0.2, 0) is 16.7 Å². The molecular weight excluding hydrogens is 310 g/mol. The van der Waals surface area contributed by atoms with E-state index < -0.39 is 10.1 Å². The normalized spacial score (nSPS) is 11.6. The van der Waals surface area contributed by atoms with Gasteiger partial charge >= 0.3 is 0 Å². The molecule has 23 heavy (non-hydrogen) atoms. The molecular formula is C18H25NO3S. The Bertz CT molecular complexity index is 712. The van der Waals surface area contributed by atoms with Crippen LogP contribution in [0.25, 0.3) is 0 Å². The number of quaternary nitrogens is 1. The van der Waals surface area contributed by atoms with Gasteiger partial charge in [-0.05, 0) is 25.0 Å². The molecule has 0 N–H and O–H groups in total. The number of hydrogen-bond donors (Lipinski definition) is 0. The molecule has 0 atom stereocenters. The summed E-state index contributed by atoms with van der Waals surface area (Å²) in [6, 6.07) is 15.5. The lowest BCUT2D eigenvalue weighted by atomic mass is 10.2. The average molecular weight is 335 g/mol. The van der Waals surface area contributed by atoms with E-state index in [9.17, 15) is 13.0 Å². The van der Waals surface area contributed by atoms with Crippen molar-refractivity contribution in [2.45, 2.75) is 25.3 Å². The van der Waals surface area contributed by atoms with Crippen molar-refractivity contribution in [3.63, 3.8) is 0 Å². The van der Waals surface area contributed by atoms with Crippen LogP contribution in [0.4, 0.5) is 0 Å². The highest BCUT2D eigenvalue weighted by atomic mass is 32.2. The molecule has 0 bridgehead atoms. The summed E-state index contributed by atoms with van der Waals surface area (Å²) in [5, 5.41) is 0. The van der Waals surface area contributed by atoms with E-state index in [4.69, 9.17) is 0 Å². The molecule has 126 valence electrons. The van der Waals surface area contributed by atoms with Crippen LogP contribution < -0.4 is 0 Å². The van der Waals surface area contributed by atoms with E-state index in [1.807, 2.05) is 0 Å². The van der Waals surface area contributed by atoms with Crippen LogP contribution >= 0.6 is 0 Å². The molecule has 0 heterocycles. The fourth-order valence-electron chi connectivity index (χ4n) is 2.32. The molecule has 0 fully saturated rings. The van der Waals surface area contributed by atoms with Gasteiger partial charge in [-0.3, -0.25) is 0 Å². The van der Waals surface area contributed by atoms with Gasteiger partial charge < -0.3 is 9.04 Å². The van der Waals surface area contributed by atoms with Crippen LogP contribution in [0.1, 0.15) is 16.7 Å². The lowest BCUT2D eigenvalue weighted by Gasteiger charge is -2.23. The summed E-state index contributed by atoms with van der Waals surface area (Å²) in [7, 11) is 2.29. The van der Waals surface area contributed by atoms with E-state index in [0.29, 0.717) is 11.1 Å². The third-order valence-electron chi connectivity index (χ3n) is 3.16. The molecule has 2 aromatic carbocycles. The van der Waals surface area contributed by atoms with Crippen molar-refractivity contribution in [1.82, 2.24) is 0 Å². The zero-order chi connectivity index (χ0) is 17.7. The van der Waals surface area contributed by atoms with Crippen LogP contribution in [0, 0.1) is 13.8 Å². The van der Waals surface area contributed by atoms with Gasteiger partial charge in [0.15, 0.2) is 0 Å². The average Bonchev–Trinajstić information content (AvgIpc) is 2.36. The first-order chi connectivity index (χ1) is 10.5. The molecule has 0 spiro atoms. The standard InChI is InChI=1S/C10H16N.C8H10O3S/c1-11(2,3)9-10-7-5-4-6-8-10;1-6-4-3-5-7(2)8(6)12(9,10)11/h4-8H,9H2,1-3H3;3-5H,1-2H3,(H,9,10,11)/q+1;/p-1. The number of rotatable bonds is 3. The lowest BCUT2D eigenvalue weighted by molar-refractivity contribution is -0.884. The SMILES string of the molecule is C[N+](C)(C)Cc1ccccc1.Cc1cccc(C)c1S(=O)(=O)[O-]. The van der Waals surface area contributed by atoms with Crippen LogP contribution in [0.3, 0.4) is 0 Å². The van der Waals surface area contributed by atoms with Gasteiger partial charge in [0, 0.05) is 5.56 Å². The quantitative estimate of drug-likeness (QED) is 0.640. The molecule has 5 heteroatoms. The molecule has 0 aliphatic carbocycles. The van der Waals surface area contributed by atoms with Gasteiger partial charge in [-0.2, -0.15) is 0 Å². The first-order valence-electron chi connectivity index (χ1n) is 7.37. The van der Waals surface area contributed by atoms with Crippen LogP contribution in [-0.4, -0.2) is 38.6 Å². The molecule has 0 saturated heterocycles. The molecule has 0 aliphatic heterocycles. The van der Waals surface area contributed by atoms with Gasteiger partial charge in [0.25, 0.3) is 0 Å². The summed E-state index contributed by atoms with van der Waals surface area (Å²) in [6.45, 7) is 4.32. The second-order valence-electron chi connectivity index (χ2n) is 6.61. The van der Waals surface area contributed by atoms with Crippen molar-refractivity contribution >= 4 is 10.1 Å². The molecule has 2 aromatic rings. The predicted octanol–water partition coefficient (Wildman–Crippen LogP) is 3.10. The summed E-state index contributed by atoms with van der Waals surface area (Å²) in [6.07, 6.45) is 0. The summed E-state index contributed by atoms with van der Waals surface area (Å²) in [5.74, 6) is 0. The van der Waals surface area contributed by atoms with E-state index in [-0.39, 0.29) is 4.90 Å². The van der Waals surface area contributed by atoms with Crippen LogP contribution in [0.5, 0.6) is 0 Å². The fraction of sp³-hybridized carbons (Fsp3) is 0.333. The minimum Gasteiger partial charge on any atom is -0.744 e. The maximum absolute atomic E-state index is 10.7. The van der Waals surface area contributed by atoms with Crippen molar-refractivity contribution in [3.8, 4) is 0 Å². The Morgan fingerprint density at radius 2 is 1.35 bits per heavy atom. The van der Waals surface area contributed by atoms with Crippen molar-refractivity contribution in [2.24, 2.45) is 0 Å². The highest BCUT2D eigenvalue weighted by Crippen LogP contribution is 2.18. The van der Waals surface area contributed by atoms with Crippen molar-refractivity contribution in [2.75, 3.05) is 21.1 Å². The number of hydrogen-bond acceptors (Lipinski definition) is 3. The van der Waals surface area contributed by atoms with Crippen LogP contribution in [0.2, 0.25) is 0 Å². The van der Waals surface area contributed by atoms with Gasteiger partial charge in [0.05, 0.1) is 26.0 Å². The number of nitrogens with zero attached hydrogens (tertiary/aromatic N) is 1. The molecule has 0 saturated carbocycles. The summed E-state index contributed by atoms with van der Waals surface area (Å²) in [5.41, 5.74) is 2.41. The van der Waals surface area contributed by atoms with Gasteiger partial charge in [0.1, 0.15) is 16.7 Å². The van der Waals surface area contributed by atoms with Gasteiger partial charge in [-0.15, -0.1) is 0 Å². The Hall–Kier alpha value is -1.69. The second kappa shape index (κ2) is 7.73. The molecule has 0 radical (unpaired) electrons. The smallest absolute Gasteiger partial charge is 0.124 e. The predicted molar refractivity (Wildman–Crippen MR) is 92.1 cm³/mol. The minimum atomic E-state index is -4.31. The van der Waals surface area contributed by atoms with Crippen molar-refractivity contribution in [3.05, 3.63) is 65.2 Å². The van der Waals surface area contributed by atoms with Gasteiger partial charge in [-0.25, -0.2) is 8.42 Å². The first kappa shape index (κ1) is 19.4. The molecule has 2 rings (SSSR count). The van der Waals surface area contributed by atoms with Gasteiger partial charge in [-0.1, -0.05) is 48.5 Å². The summed E-state index contributed by atoms with van der Waals surface area (Å²) < 4.78 is 33.1. The topological polar surface area (TPSA) is 57.2 Å². The Labute approximate surface area is 139 Å². The molecule has 0 unspecified atom stereocenters. The largest absolute Gasteiger partial charge is 0.744 e.